The first kappa shape index (κ1) is 19.4. The molecule has 0 unspecified atom stereocenters. The third-order valence-corrected chi connectivity index (χ3v) is 4.46. The maximum atomic E-state index is 13.1. The molecule has 3 aromatic rings. The third-order valence-electron chi connectivity index (χ3n) is 4.46. The number of methoxy groups -OCH3 is 1. The maximum Gasteiger partial charge on any atom is 0.267 e. The van der Waals surface area contributed by atoms with Gasteiger partial charge in [0.25, 0.3) is 11.5 Å². The molecule has 0 bridgehead atoms. The van der Waals surface area contributed by atoms with Crippen LogP contribution in [0.3, 0.4) is 0 Å². The van der Waals surface area contributed by atoms with E-state index in [0.29, 0.717) is 29.0 Å². The molecule has 0 fully saturated rings. The monoisotopic (exact) mass is 381 g/mol. The molecule has 1 amide bonds. The van der Waals surface area contributed by atoms with E-state index in [-0.39, 0.29) is 17.2 Å². The van der Waals surface area contributed by atoms with Crippen LogP contribution in [0.2, 0.25) is 0 Å². The van der Waals surface area contributed by atoms with Gasteiger partial charge in [0.05, 0.1) is 12.6 Å². The fourth-order valence-electron chi connectivity index (χ4n) is 3.09. The van der Waals surface area contributed by atoms with Gasteiger partial charge < -0.3 is 19.7 Å². The highest BCUT2D eigenvalue weighted by Crippen LogP contribution is 2.30. The highest BCUT2D eigenvalue weighted by molar-refractivity contribution is 6.09. The number of aryl methyl sites for hydroxylation is 1. The lowest BCUT2D eigenvalue weighted by atomic mass is 10.1. The molecule has 146 valence electrons. The van der Waals surface area contributed by atoms with Gasteiger partial charge in [0.15, 0.2) is 0 Å². The van der Waals surface area contributed by atoms with Crippen molar-refractivity contribution >= 4 is 22.6 Å². The Kier molecular flexibility index (Phi) is 5.35. The summed E-state index contributed by atoms with van der Waals surface area (Å²) in [6.07, 6.45) is 1.55. The molecule has 28 heavy (non-hydrogen) atoms. The number of carbonyl (C=O) groups is 1. The molecule has 0 saturated carbocycles. The Morgan fingerprint density at radius 2 is 2.07 bits per heavy atom. The number of nitrogens with one attached hydrogen (secondary N) is 1. The summed E-state index contributed by atoms with van der Waals surface area (Å²) in [5.74, 6) is -0.0464. The number of rotatable bonds is 5. The molecule has 7 heteroatoms. The largest absolute Gasteiger partial charge is 0.506 e. The molecule has 2 heterocycles. The van der Waals surface area contributed by atoms with Gasteiger partial charge in [0.2, 0.25) is 0 Å². The molecule has 0 saturated heterocycles. The Hall–Kier alpha value is -3.35. The van der Waals surface area contributed by atoms with Crippen molar-refractivity contribution in [2.24, 2.45) is 5.92 Å². The number of nitrogens with zero attached hydrogens (tertiary/aromatic N) is 2. The number of ether oxygens (including phenoxy) is 1. The van der Waals surface area contributed by atoms with Crippen LogP contribution in [-0.2, 0) is 6.54 Å². The second-order valence-electron chi connectivity index (χ2n) is 7.04. The number of hydrogen-bond donors (Lipinski definition) is 2. The smallest absolute Gasteiger partial charge is 0.267 e. The predicted octanol–water partition coefficient (Wildman–Crippen LogP) is 3.33. The number of amides is 1. The molecule has 1 aromatic carbocycles. The molecular weight excluding hydrogens is 358 g/mol. The van der Waals surface area contributed by atoms with E-state index in [1.807, 2.05) is 13.8 Å². The van der Waals surface area contributed by atoms with E-state index in [2.05, 4.69) is 10.3 Å². The lowest BCUT2D eigenvalue weighted by Gasteiger charge is -2.17. The number of pyridine rings is 2. The number of fused-ring (bicyclic) bond motifs is 1. The van der Waals surface area contributed by atoms with Crippen LogP contribution >= 0.6 is 0 Å². The summed E-state index contributed by atoms with van der Waals surface area (Å²) >= 11 is 0. The third kappa shape index (κ3) is 3.55. The van der Waals surface area contributed by atoms with Gasteiger partial charge in [0, 0.05) is 18.1 Å². The summed E-state index contributed by atoms with van der Waals surface area (Å²) in [7, 11) is 1.51. The lowest BCUT2D eigenvalue weighted by molar-refractivity contribution is 0.102. The molecule has 7 nitrogen and oxygen atoms in total. The highest BCUT2D eigenvalue weighted by Gasteiger charge is 2.23. The zero-order valence-corrected chi connectivity index (χ0v) is 16.3. The zero-order valence-electron chi connectivity index (χ0n) is 16.3. The van der Waals surface area contributed by atoms with Crippen molar-refractivity contribution in [2.75, 3.05) is 12.4 Å². The normalized spacial score (nSPS) is 11.0. The Bertz CT molecular complexity index is 1100. The van der Waals surface area contributed by atoms with E-state index >= 15 is 0 Å². The van der Waals surface area contributed by atoms with Gasteiger partial charge in [-0.15, -0.1) is 0 Å². The van der Waals surface area contributed by atoms with Crippen LogP contribution in [0, 0.1) is 12.8 Å². The Labute approximate surface area is 162 Å². The molecule has 2 N–H and O–H groups in total. The summed E-state index contributed by atoms with van der Waals surface area (Å²) in [6, 6.07) is 8.59. The number of carbonyl (C=O) groups excluding carboxylic acids is 1. The minimum atomic E-state index is -0.702. The van der Waals surface area contributed by atoms with E-state index in [1.165, 1.54) is 11.7 Å². The second-order valence-corrected chi connectivity index (χ2v) is 7.04. The van der Waals surface area contributed by atoms with Gasteiger partial charge in [0.1, 0.15) is 22.9 Å². The van der Waals surface area contributed by atoms with Crippen molar-refractivity contribution in [3.8, 4) is 11.5 Å². The first-order valence-electron chi connectivity index (χ1n) is 9.00. The van der Waals surface area contributed by atoms with Crippen molar-refractivity contribution in [3.63, 3.8) is 0 Å². The van der Waals surface area contributed by atoms with Crippen molar-refractivity contribution in [1.29, 1.82) is 0 Å². The Balaban J connectivity index is 2.22. The van der Waals surface area contributed by atoms with Gasteiger partial charge in [-0.2, -0.15) is 0 Å². The Morgan fingerprint density at radius 1 is 1.32 bits per heavy atom. The SMILES string of the molecule is COc1ccc2c(c1)c(O)c(C(=O)Nc1ncccc1C)c(=O)n2CC(C)C. The molecule has 0 atom stereocenters. The fraction of sp³-hybridized carbons (Fsp3) is 0.286. The number of anilines is 1. The standard InChI is InChI=1S/C21H23N3O4/c1-12(2)11-24-16-8-7-14(28-4)10-15(16)18(25)17(21(24)27)20(26)23-19-13(3)6-5-9-22-19/h5-10,12,25H,11H2,1-4H3,(H,22,23,26). The average molecular weight is 381 g/mol. The molecule has 0 aliphatic carbocycles. The summed E-state index contributed by atoms with van der Waals surface area (Å²) in [6.45, 7) is 6.16. The summed E-state index contributed by atoms with van der Waals surface area (Å²) in [4.78, 5) is 30.1. The molecular formula is C21H23N3O4. The van der Waals surface area contributed by atoms with Crippen molar-refractivity contribution in [1.82, 2.24) is 9.55 Å². The van der Waals surface area contributed by atoms with Crippen LogP contribution in [0.5, 0.6) is 11.5 Å². The lowest BCUT2D eigenvalue weighted by Crippen LogP contribution is -2.31. The maximum absolute atomic E-state index is 13.1. The van der Waals surface area contributed by atoms with Gasteiger partial charge in [-0.1, -0.05) is 19.9 Å². The van der Waals surface area contributed by atoms with Crippen molar-refractivity contribution in [2.45, 2.75) is 27.3 Å². The number of benzene rings is 1. The molecule has 0 spiro atoms. The van der Waals surface area contributed by atoms with Crippen LogP contribution in [0.4, 0.5) is 5.82 Å². The molecule has 0 aliphatic rings. The van der Waals surface area contributed by atoms with Gasteiger partial charge in [-0.3, -0.25) is 9.59 Å². The first-order chi connectivity index (χ1) is 13.3. The zero-order chi connectivity index (χ0) is 20.4. The number of aromatic hydroxyl groups is 1. The molecule has 2 aromatic heterocycles. The van der Waals surface area contributed by atoms with Crippen LogP contribution < -0.4 is 15.6 Å². The summed E-state index contributed by atoms with van der Waals surface area (Å²) in [5.41, 5.74) is 0.435. The van der Waals surface area contributed by atoms with Gasteiger partial charge in [-0.25, -0.2) is 4.98 Å². The molecule has 0 radical (unpaired) electrons. The number of aromatic nitrogens is 2. The molecule has 0 aliphatic heterocycles. The van der Waals surface area contributed by atoms with Gasteiger partial charge >= 0.3 is 0 Å². The molecule has 3 rings (SSSR count). The first-order valence-corrected chi connectivity index (χ1v) is 9.00. The number of hydrogen-bond acceptors (Lipinski definition) is 5. The topological polar surface area (TPSA) is 93.5 Å². The summed E-state index contributed by atoms with van der Waals surface area (Å²) in [5, 5.41) is 13.8. The van der Waals surface area contributed by atoms with Crippen LogP contribution in [0.15, 0.2) is 41.3 Å². The van der Waals surface area contributed by atoms with E-state index in [9.17, 15) is 14.7 Å². The average Bonchev–Trinajstić information content (AvgIpc) is 2.66. The van der Waals surface area contributed by atoms with Crippen LogP contribution in [-0.4, -0.2) is 27.7 Å². The summed E-state index contributed by atoms with van der Waals surface area (Å²) < 4.78 is 6.74. The van der Waals surface area contributed by atoms with E-state index in [1.54, 1.807) is 43.5 Å². The van der Waals surface area contributed by atoms with Crippen molar-refractivity contribution in [3.05, 3.63) is 58.0 Å². The minimum absolute atomic E-state index is 0.168. The van der Waals surface area contributed by atoms with E-state index in [0.717, 1.165) is 5.56 Å². The highest BCUT2D eigenvalue weighted by atomic mass is 16.5. The van der Waals surface area contributed by atoms with Gasteiger partial charge in [-0.05, 0) is 42.7 Å². The fourth-order valence-corrected chi connectivity index (χ4v) is 3.09. The predicted molar refractivity (Wildman–Crippen MR) is 108 cm³/mol. The van der Waals surface area contributed by atoms with Crippen LogP contribution in [0.25, 0.3) is 10.9 Å². The Morgan fingerprint density at radius 3 is 2.71 bits per heavy atom. The van der Waals surface area contributed by atoms with E-state index < -0.39 is 11.5 Å². The minimum Gasteiger partial charge on any atom is -0.506 e. The second kappa shape index (κ2) is 7.72. The van der Waals surface area contributed by atoms with Crippen molar-refractivity contribution < 1.29 is 14.6 Å². The van der Waals surface area contributed by atoms with E-state index in [4.69, 9.17) is 4.74 Å². The quantitative estimate of drug-likeness (QED) is 0.707. The van der Waals surface area contributed by atoms with Crippen LogP contribution in [0.1, 0.15) is 29.8 Å².